The van der Waals surface area contributed by atoms with Crippen LogP contribution >= 0.6 is 0 Å². The molecule has 1 aromatic carbocycles. The van der Waals surface area contributed by atoms with E-state index in [1.807, 2.05) is 30.1 Å². The summed E-state index contributed by atoms with van der Waals surface area (Å²) in [5.41, 5.74) is 2.11. The number of fused-ring (bicyclic) bond motifs is 6. The Kier molecular flexibility index (Phi) is 4.33. The fraction of sp³-hybridized carbons (Fsp3) is 0.536. The molecule has 2 heterocycles. The third kappa shape index (κ3) is 2.68. The van der Waals surface area contributed by atoms with Gasteiger partial charge >= 0.3 is 0 Å². The van der Waals surface area contributed by atoms with Crippen LogP contribution in [0.3, 0.4) is 0 Å². The van der Waals surface area contributed by atoms with Crippen molar-refractivity contribution >= 4 is 23.0 Å². The van der Waals surface area contributed by atoms with Crippen LogP contribution in [-0.4, -0.2) is 35.1 Å². The minimum Gasteiger partial charge on any atom is -0.457 e. The number of carbonyl (C=O) groups is 1. The first-order chi connectivity index (χ1) is 15.3. The van der Waals surface area contributed by atoms with Crippen LogP contribution in [0.2, 0.25) is 0 Å². The Balaban J connectivity index is 1.48. The van der Waals surface area contributed by atoms with Crippen LogP contribution in [0.15, 0.2) is 52.5 Å². The average Bonchev–Trinajstić information content (AvgIpc) is 3.31. The van der Waals surface area contributed by atoms with Crippen molar-refractivity contribution in [2.24, 2.45) is 28.6 Å². The summed E-state index contributed by atoms with van der Waals surface area (Å²) in [5.74, 6) is 2.52. The number of nitrogens with zero attached hydrogens (tertiary/aromatic N) is 1. The summed E-state index contributed by atoms with van der Waals surface area (Å²) in [6, 6.07) is 10.3. The lowest BCUT2D eigenvalue weighted by atomic mass is 9.47. The lowest BCUT2D eigenvalue weighted by molar-refractivity contribution is -0.135. The highest BCUT2D eigenvalue weighted by Gasteiger charge is 2.61. The van der Waals surface area contributed by atoms with Gasteiger partial charge < -0.3 is 14.4 Å². The summed E-state index contributed by atoms with van der Waals surface area (Å²) in [6.07, 6.45) is 11.2. The maximum absolute atomic E-state index is 12.7. The fourth-order valence-corrected chi connectivity index (χ4v) is 8.07. The Morgan fingerprint density at radius 3 is 2.78 bits per heavy atom. The zero-order valence-electron chi connectivity index (χ0n) is 19.3. The van der Waals surface area contributed by atoms with Gasteiger partial charge in [-0.2, -0.15) is 0 Å². The maximum atomic E-state index is 12.7. The molecule has 7 atom stereocenters. The van der Waals surface area contributed by atoms with E-state index in [1.54, 1.807) is 6.08 Å². The molecule has 2 aromatic rings. The summed E-state index contributed by atoms with van der Waals surface area (Å²) in [5, 5.41) is 11.9. The number of hydrogen-bond donors (Lipinski definition) is 1. The Morgan fingerprint density at radius 1 is 1.16 bits per heavy atom. The van der Waals surface area contributed by atoms with E-state index in [-0.39, 0.29) is 28.9 Å². The van der Waals surface area contributed by atoms with Crippen molar-refractivity contribution in [3.8, 4) is 0 Å². The van der Waals surface area contributed by atoms with E-state index in [4.69, 9.17) is 4.42 Å². The van der Waals surface area contributed by atoms with Gasteiger partial charge in [0.05, 0.1) is 12.1 Å². The molecule has 4 aliphatic rings. The van der Waals surface area contributed by atoms with Crippen molar-refractivity contribution in [2.45, 2.75) is 58.1 Å². The van der Waals surface area contributed by atoms with Crippen LogP contribution in [0.25, 0.3) is 17.0 Å². The molecule has 4 heteroatoms. The Bertz CT molecular complexity index is 1110. The van der Waals surface area contributed by atoms with E-state index in [0.29, 0.717) is 17.8 Å². The number of para-hydroxylation sites is 1. The second-order valence-corrected chi connectivity index (χ2v) is 11.2. The first-order valence-electron chi connectivity index (χ1n) is 12.1. The van der Waals surface area contributed by atoms with E-state index in [9.17, 15) is 9.90 Å². The van der Waals surface area contributed by atoms with E-state index in [0.717, 1.165) is 48.8 Å². The molecule has 168 valence electrons. The largest absolute Gasteiger partial charge is 0.457 e. The Labute approximate surface area is 190 Å². The van der Waals surface area contributed by atoms with Crippen molar-refractivity contribution < 1.29 is 14.3 Å². The minimum atomic E-state index is -0.187. The monoisotopic (exact) mass is 431 g/mol. The van der Waals surface area contributed by atoms with Gasteiger partial charge in [0.2, 0.25) is 5.91 Å². The predicted octanol–water partition coefficient (Wildman–Crippen LogP) is 5.43. The molecule has 6 rings (SSSR count). The van der Waals surface area contributed by atoms with Crippen LogP contribution in [-0.2, 0) is 4.79 Å². The molecule has 3 saturated carbocycles. The molecular formula is C28H33NO3. The molecule has 3 fully saturated rings. The van der Waals surface area contributed by atoms with Gasteiger partial charge in [-0.3, -0.25) is 4.79 Å². The third-order valence-corrected chi connectivity index (χ3v) is 9.69. The van der Waals surface area contributed by atoms with Gasteiger partial charge in [-0.15, -0.1) is 0 Å². The highest BCUT2D eigenvalue weighted by molar-refractivity contribution is 5.90. The summed E-state index contributed by atoms with van der Waals surface area (Å²) in [4.78, 5) is 14.7. The zero-order valence-corrected chi connectivity index (χ0v) is 19.3. The number of aliphatic hydroxyl groups is 1. The lowest BCUT2D eigenvalue weighted by Gasteiger charge is -2.60. The average molecular weight is 432 g/mol. The summed E-state index contributed by atoms with van der Waals surface area (Å²) in [7, 11) is 1.95. The molecule has 1 N–H and O–H groups in total. The Morgan fingerprint density at radius 2 is 1.97 bits per heavy atom. The first-order valence-corrected chi connectivity index (χ1v) is 12.1. The maximum Gasteiger partial charge on any atom is 0.246 e. The summed E-state index contributed by atoms with van der Waals surface area (Å²) in [6.45, 7) is 4.67. The van der Waals surface area contributed by atoms with E-state index >= 15 is 0 Å². The van der Waals surface area contributed by atoms with Gasteiger partial charge in [-0.1, -0.05) is 38.1 Å². The summed E-state index contributed by atoms with van der Waals surface area (Å²) < 4.78 is 6.17. The van der Waals surface area contributed by atoms with Crippen LogP contribution in [0, 0.1) is 28.6 Å². The van der Waals surface area contributed by atoms with Gasteiger partial charge in [-0.25, -0.2) is 0 Å². The molecule has 0 radical (unpaired) electrons. The number of amides is 1. The standard InChI is InChI=1S/C28H33NO3/c1-27-12-10-22-20(21(27)8-9-24(27)30)16-18(26-28(22,2)13-11-25(31)29(26)3)15-19-14-17-6-4-5-7-23(17)32-19/h4-7,11,13-15,20-22,24,26,30H,8-10,12,16H2,1-3H3/t20-,21-,22-,24-,26+,27-,28+/m0/s1. The highest BCUT2D eigenvalue weighted by Crippen LogP contribution is 2.64. The van der Waals surface area contributed by atoms with Crippen LogP contribution < -0.4 is 0 Å². The lowest BCUT2D eigenvalue weighted by Crippen LogP contribution is -2.60. The topological polar surface area (TPSA) is 53.7 Å². The van der Waals surface area contributed by atoms with Crippen molar-refractivity contribution in [3.63, 3.8) is 0 Å². The zero-order chi connectivity index (χ0) is 22.3. The molecule has 1 aliphatic heterocycles. The van der Waals surface area contributed by atoms with Crippen molar-refractivity contribution in [1.82, 2.24) is 4.90 Å². The minimum absolute atomic E-state index is 0.0228. The predicted molar refractivity (Wildman–Crippen MR) is 126 cm³/mol. The molecule has 1 aromatic heterocycles. The van der Waals surface area contributed by atoms with Gasteiger partial charge in [0.15, 0.2) is 0 Å². The number of aliphatic hydroxyl groups excluding tert-OH is 1. The molecule has 32 heavy (non-hydrogen) atoms. The van der Waals surface area contributed by atoms with Crippen molar-refractivity contribution in [3.05, 3.63) is 53.8 Å². The smallest absolute Gasteiger partial charge is 0.246 e. The van der Waals surface area contributed by atoms with E-state index < -0.39 is 0 Å². The number of hydrogen-bond acceptors (Lipinski definition) is 3. The summed E-state index contributed by atoms with van der Waals surface area (Å²) >= 11 is 0. The fourth-order valence-electron chi connectivity index (χ4n) is 8.07. The normalized spacial score (nSPS) is 42.2. The number of furan rings is 1. The second-order valence-electron chi connectivity index (χ2n) is 11.2. The quantitative estimate of drug-likeness (QED) is 0.655. The molecular weight excluding hydrogens is 398 g/mol. The molecule has 0 spiro atoms. The molecule has 4 nitrogen and oxygen atoms in total. The van der Waals surface area contributed by atoms with Crippen LogP contribution in [0.4, 0.5) is 0 Å². The van der Waals surface area contributed by atoms with Gasteiger partial charge in [0, 0.05) is 17.8 Å². The number of carbonyl (C=O) groups excluding carboxylic acids is 1. The first kappa shape index (κ1) is 20.3. The molecule has 3 aliphatic carbocycles. The Hall–Kier alpha value is -2.33. The van der Waals surface area contributed by atoms with E-state index in [2.05, 4.69) is 38.1 Å². The van der Waals surface area contributed by atoms with Crippen molar-refractivity contribution in [2.75, 3.05) is 7.05 Å². The van der Waals surface area contributed by atoms with Gasteiger partial charge in [-0.05, 0) is 85.1 Å². The third-order valence-electron chi connectivity index (χ3n) is 9.69. The molecule has 0 saturated heterocycles. The van der Waals surface area contributed by atoms with E-state index in [1.165, 1.54) is 5.57 Å². The molecule has 0 bridgehead atoms. The second kappa shape index (κ2) is 6.84. The van der Waals surface area contributed by atoms with Crippen molar-refractivity contribution in [1.29, 1.82) is 0 Å². The number of likely N-dealkylation sites (N-methyl/N-ethyl adjacent to an activating group) is 1. The molecule has 0 unspecified atom stereocenters. The van der Waals surface area contributed by atoms with Crippen LogP contribution in [0.5, 0.6) is 0 Å². The number of rotatable bonds is 1. The van der Waals surface area contributed by atoms with Gasteiger partial charge in [0.25, 0.3) is 0 Å². The molecule has 1 amide bonds. The van der Waals surface area contributed by atoms with Gasteiger partial charge in [0.1, 0.15) is 11.3 Å². The SMILES string of the molecule is CN1C(=O)C=C[C@]2(C)[C@H]3CC[C@]4(C)[C@@H](O)CC[C@H]4[C@@H]3CC(=Cc3cc4ccccc4o3)[C@@H]12. The van der Waals surface area contributed by atoms with Crippen LogP contribution in [0.1, 0.15) is 51.7 Å². The number of benzene rings is 1. The highest BCUT2D eigenvalue weighted by atomic mass is 16.3.